The van der Waals surface area contributed by atoms with Crippen molar-refractivity contribution >= 4 is 24.1 Å². The first-order chi connectivity index (χ1) is 9.13. The molecule has 0 aliphatic carbocycles. The molecule has 0 radical (unpaired) electrons. The van der Waals surface area contributed by atoms with E-state index in [1.165, 1.54) is 6.21 Å². The van der Waals surface area contributed by atoms with E-state index >= 15 is 0 Å². The lowest BCUT2D eigenvalue weighted by molar-refractivity contribution is 0.322. The van der Waals surface area contributed by atoms with Crippen molar-refractivity contribution in [2.75, 3.05) is 19.0 Å². The predicted molar refractivity (Wildman–Crippen MR) is 80.3 cm³/mol. The smallest absolute Gasteiger partial charge is 0.119 e. The van der Waals surface area contributed by atoms with E-state index in [4.69, 9.17) is 17.4 Å². The molecular formula is C14H15N3OS. The average Bonchev–Trinajstić information content (AvgIpc) is 2.41. The summed E-state index contributed by atoms with van der Waals surface area (Å²) in [5.74, 6) is 0. The summed E-state index contributed by atoms with van der Waals surface area (Å²) in [5.41, 5.74) is 2.81. The Bertz CT molecular complexity index is 644. The Morgan fingerprint density at radius 3 is 2.47 bits per heavy atom. The van der Waals surface area contributed by atoms with Gasteiger partial charge in [-0.15, -0.1) is 0 Å². The van der Waals surface area contributed by atoms with Crippen LogP contribution in [0.15, 0.2) is 47.8 Å². The number of pyridine rings is 1. The Labute approximate surface area is 117 Å². The number of anilines is 1. The number of hydrogen-bond acceptors (Lipinski definition) is 4. The van der Waals surface area contributed by atoms with Crippen LogP contribution >= 0.6 is 12.2 Å². The molecule has 2 aromatic rings. The first-order valence-corrected chi connectivity index (χ1v) is 6.21. The number of oxime groups is 1. The highest BCUT2D eigenvalue weighted by molar-refractivity contribution is 7.71. The minimum Gasteiger partial charge on any atom is -0.411 e. The molecule has 0 spiro atoms. The summed E-state index contributed by atoms with van der Waals surface area (Å²) in [7, 11) is 4.00. The van der Waals surface area contributed by atoms with Gasteiger partial charge in [-0.05, 0) is 36.4 Å². The second-order valence-electron chi connectivity index (χ2n) is 4.29. The highest BCUT2D eigenvalue weighted by Gasteiger charge is 2.01. The molecule has 1 aromatic carbocycles. The predicted octanol–water partition coefficient (Wildman–Crippen LogP) is 3.08. The molecule has 98 valence electrons. The van der Waals surface area contributed by atoms with Gasteiger partial charge in [0.1, 0.15) is 4.64 Å². The zero-order valence-corrected chi connectivity index (χ0v) is 11.6. The molecule has 0 amide bonds. The van der Waals surface area contributed by atoms with Crippen molar-refractivity contribution in [2.24, 2.45) is 5.16 Å². The molecule has 0 saturated carbocycles. The first kappa shape index (κ1) is 13.3. The maximum Gasteiger partial charge on any atom is 0.119 e. The van der Waals surface area contributed by atoms with Crippen LogP contribution in [-0.2, 0) is 0 Å². The zero-order valence-electron chi connectivity index (χ0n) is 10.8. The molecule has 0 unspecified atom stereocenters. The largest absolute Gasteiger partial charge is 0.411 e. The van der Waals surface area contributed by atoms with E-state index in [-0.39, 0.29) is 0 Å². The second kappa shape index (κ2) is 5.67. The van der Waals surface area contributed by atoms with Gasteiger partial charge in [-0.1, -0.05) is 17.4 Å². The first-order valence-electron chi connectivity index (χ1n) is 5.80. The number of hydrogen-bond donors (Lipinski definition) is 1. The number of nitrogens with zero attached hydrogens (tertiary/aromatic N) is 3. The number of aromatic nitrogens is 1. The molecule has 4 nitrogen and oxygen atoms in total. The highest BCUT2D eigenvalue weighted by atomic mass is 32.1. The Morgan fingerprint density at radius 1 is 1.21 bits per heavy atom. The Kier molecular flexibility index (Phi) is 3.97. The van der Waals surface area contributed by atoms with Crippen LogP contribution in [0.25, 0.3) is 5.69 Å². The maximum absolute atomic E-state index is 8.61. The van der Waals surface area contributed by atoms with Gasteiger partial charge >= 0.3 is 0 Å². The normalized spacial score (nSPS) is 10.8. The maximum atomic E-state index is 8.61. The quantitative estimate of drug-likeness (QED) is 0.404. The monoisotopic (exact) mass is 273 g/mol. The van der Waals surface area contributed by atoms with Gasteiger partial charge in [0, 0.05) is 37.2 Å². The minimum absolute atomic E-state index is 0.609. The molecule has 0 bridgehead atoms. The van der Waals surface area contributed by atoms with Crippen LogP contribution in [0.4, 0.5) is 5.69 Å². The minimum atomic E-state index is 0.609. The van der Waals surface area contributed by atoms with Gasteiger partial charge < -0.3 is 14.7 Å². The fourth-order valence-corrected chi connectivity index (χ4v) is 2.07. The third-order valence-corrected chi connectivity index (χ3v) is 3.25. The van der Waals surface area contributed by atoms with Crippen LogP contribution in [0.3, 0.4) is 0 Å². The molecule has 5 heteroatoms. The molecule has 0 atom stereocenters. The van der Waals surface area contributed by atoms with E-state index in [2.05, 4.69) is 5.16 Å². The van der Waals surface area contributed by atoms with Crippen LogP contribution in [0.1, 0.15) is 5.56 Å². The van der Waals surface area contributed by atoms with Crippen molar-refractivity contribution in [3.05, 3.63) is 52.8 Å². The fourth-order valence-electron chi connectivity index (χ4n) is 1.79. The van der Waals surface area contributed by atoms with E-state index in [0.29, 0.717) is 10.2 Å². The summed E-state index contributed by atoms with van der Waals surface area (Å²) in [6.45, 7) is 0. The van der Waals surface area contributed by atoms with Crippen LogP contribution < -0.4 is 4.90 Å². The van der Waals surface area contributed by atoms with Gasteiger partial charge in [-0.3, -0.25) is 0 Å². The molecule has 2 rings (SSSR count). The molecule has 1 aromatic heterocycles. The second-order valence-corrected chi connectivity index (χ2v) is 4.68. The summed E-state index contributed by atoms with van der Waals surface area (Å²) in [6.07, 6.45) is 3.23. The zero-order chi connectivity index (χ0) is 13.8. The topological polar surface area (TPSA) is 40.8 Å². The Morgan fingerprint density at radius 2 is 1.89 bits per heavy atom. The van der Waals surface area contributed by atoms with Gasteiger partial charge in [-0.25, -0.2) is 0 Å². The lowest BCUT2D eigenvalue weighted by Crippen LogP contribution is -2.08. The molecule has 1 heterocycles. The summed E-state index contributed by atoms with van der Waals surface area (Å²) < 4.78 is 2.49. The molecule has 0 aliphatic rings. The number of rotatable bonds is 3. The van der Waals surface area contributed by atoms with Gasteiger partial charge in [0.05, 0.1) is 6.21 Å². The lowest BCUT2D eigenvalue weighted by atomic mass is 10.2. The summed E-state index contributed by atoms with van der Waals surface area (Å²) in [5, 5.41) is 11.6. The standard InChI is InChI=1S/C14H15N3OS/c1-16(2)12-5-7-13(8-6-12)17-9-3-4-11(10-15-18)14(17)19/h3-10,18H,1-2H3/b15-10+. The fraction of sp³-hybridized carbons (Fsp3) is 0.143. The summed E-state index contributed by atoms with van der Waals surface area (Å²) in [6, 6.07) is 11.8. The van der Waals surface area contributed by atoms with Crippen molar-refractivity contribution in [2.45, 2.75) is 0 Å². The van der Waals surface area contributed by atoms with E-state index in [1.807, 2.05) is 66.2 Å². The Balaban J connectivity index is 2.47. The lowest BCUT2D eigenvalue weighted by Gasteiger charge is -2.14. The van der Waals surface area contributed by atoms with Gasteiger partial charge in [0.15, 0.2) is 0 Å². The van der Waals surface area contributed by atoms with Crippen molar-refractivity contribution in [1.82, 2.24) is 4.57 Å². The van der Waals surface area contributed by atoms with Gasteiger partial charge in [0.25, 0.3) is 0 Å². The number of benzene rings is 1. The summed E-state index contributed by atoms with van der Waals surface area (Å²) in [4.78, 5) is 2.04. The molecule has 0 fully saturated rings. The third-order valence-electron chi connectivity index (χ3n) is 2.82. The SMILES string of the molecule is CN(C)c1ccc(-n2cccc(/C=N/O)c2=S)cc1. The third kappa shape index (κ3) is 2.82. The molecule has 1 N–H and O–H groups in total. The van der Waals surface area contributed by atoms with Gasteiger partial charge in [-0.2, -0.15) is 0 Å². The van der Waals surface area contributed by atoms with Crippen LogP contribution in [-0.4, -0.2) is 30.1 Å². The van der Waals surface area contributed by atoms with Crippen molar-refractivity contribution in [3.8, 4) is 5.69 Å². The van der Waals surface area contributed by atoms with Crippen molar-refractivity contribution < 1.29 is 5.21 Å². The van der Waals surface area contributed by atoms with Crippen molar-refractivity contribution in [1.29, 1.82) is 0 Å². The van der Waals surface area contributed by atoms with Gasteiger partial charge in [0.2, 0.25) is 0 Å². The average molecular weight is 273 g/mol. The van der Waals surface area contributed by atoms with Crippen molar-refractivity contribution in [3.63, 3.8) is 0 Å². The van der Waals surface area contributed by atoms with Crippen LogP contribution in [0, 0.1) is 4.64 Å². The van der Waals surface area contributed by atoms with E-state index in [0.717, 1.165) is 11.4 Å². The molecule has 0 aliphatic heterocycles. The van der Waals surface area contributed by atoms with E-state index in [9.17, 15) is 0 Å². The summed E-state index contributed by atoms with van der Waals surface area (Å²) >= 11 is 5.37. The Hall–Kier alpha value is -2.14. The molecule has 19 heavy (non-hydrogen) atoms. The molecular weight excluding hydrogens is 258 g/mol. The van der Waals surface area contributed by atoms with E-state index < -0.39 is 0 Å². The highest BCUT2D eigenvalue weighted by Crippen LogP contribution is 2.16. The van der Waals surface area contributed by atoms with Crippen LogP contribution in [0.5, 0.6) is 0 Å². The molecule has 0 saturated heterocycles. The van der Waals surface area contributed by atoms with Crippen LogP contribution in [0.2, 0.25) is 0 Å². The van der Waals surface area contributed by atoms with E-state index in [1.54, 1.807) is 0 Å².